The topological polar surface area (TPSA) is 37.8 Å². The molecule has 0 spiro atoms. The third kappa shape index (κ3) is 4.68. The zero-order chi connectivity index (χ0) is 13.3. The molecule has 19 heavy (non-hydrogen) atoms. The normalized spacial score (nSPS) is 14.8. The van der Waals surface area contributed by atoms with E-state index >= 15 is 0 Å². The lowest BCUT2D eigenvalue weighted by Crippen LogP contribution is -2.09. The van der Waals surface area contributed by atoms with Gasteiger partial charge < -0.3 is 5.32 Å². The van der Waals surface area contributed by atoms with E-state index in [1.807, 2.05) is 11.8 Å². The molecule has 1 heterocycles. The first-order chi connectivity index (χ1) is 9.42. The van der Waals surface area contributed by atoms with Gasteiger partial charge in [-0.2, -0.15) is 11.8 Å². The number of nitrogens with zero attached hydrogens (tertiary/aromatic N) is 2. The van der Waals surface area contributed by atoms with Crippen molar-refractivity contribution in [3.8, 4) is 0 Å². The van der Waals surface area contributed by atoms with Gasteiger partial charge in [-0.1, -0.05) is 12.8 Å². The van der Waals surface area contributed by atoms with Crippen molar-refractivity contribution >= 4 is 17.6 Å². The predicted molar refractivity (Wildman–Crippen MR) is 84.0 cm³/mol. The highest BCUT2D eigenvalue weighted by Crippen LogP contribution is 2.23. The third-order valence-electron chi connectivity index (χ3n) is 3.69. The van der Waals surface area contributed by atoms with Crippen LogP contribution in [-0.4, -0.2) is 28.5 Å². The first kappa shape index (κ1) is 14.6. The van der Waals surface area contributed by atoms with Gasteiger partial charge in [0.2, 0.25) is 0 Å². The smallest absolute Gasteiger partial charge is 0.132 e. The van der Waals surface area contributed by atoms with Crippen molar-refractivity contribution < 1.29 is 0 Å². The third-order valence-corrected chi connectivity index (χ3v) is 4.39. The maximum Gasteiger partial charge on any atom is 0.132 e. The molecule has 3 nitrogen and oxygen atoms in total. The summed E-state index contributed by atoms with van der Waals surface area (Å²) in [6, 6.07) is 0. The summed E-state index contributed by atoms with van der Waals surface area (Å²) in [4.78, 5) is 8.90. The van der Waals surface area contributed by atoms with Crippen molar-refractivity contribution in [1.82, 2.24) is 9.97 Å². The van der Waals surface area contributed by atoms with Gasteiger partial charge in [0.25, 0.3) is 0 Å². The van der Waals surface area contributed by atoms with E-state index < -0.39 is 0 Å². The zero-order valence-corrected chi connectivity index (χ0v) is 12.8. The van der Waals surface area contributed by atoms with Gasteiger partial charge in [-0.3, -0.25) is 0 Å². The highest BCUT2D eigenvalue weighted by atomic mass is 32.2. The number of nitrogens with one attached hydrogen (secondary N) is 1. The highest BCUT2D eigenvalue weighted by Gasteiger charge is 2.13. The Balaban J connectivity index is 1.83. The maximum atomic E-state index is 4.45. The predicted octanol–water partition coefficient (Wildman–Crippen LogP) is 3.69. The second-order valence-corrected chi connectivity index (χ2v) is 6.17. The Kier molecular flexibility index (Phi) is 6.48. The molecule has 0 radical (unpaired) electrons. The van der Waals surface area contributed by atoms with Gasteiger partial charge in [0, 0.05) is 17.8 Å². The minimum Gasteiger partial charge on any atom is -0.370 e. The summed E-state index contributed by atoms with van der Waals surface area (Å²) >= 11 is 1.94. The van der Waals surface area contributed by atoms with Crippen molar-refractivity contribution in [3.63, 3.8) is 0 Å². The van der Waals surface area contributed by atoms with Crippen LogP contribution in [0, 0.1) is 0 Å². The molecule has 1 aromatic rings. The number of aromatic nitrogens is 2. The molecule has 0 saturated carbocycles. The summed E-state index contributed by atoms with van der Waals surface area (Å²) in [5, 5.41) is 3.52. The average molecular weight is 279 g/mol. The number of rotatable bonds is 7. The van der Waals surface area contributed by atoms with Crippen molar-refractivity contribution in [2.45, 2.75) is 51.4 Å². The standard InChI is InChI=1S/C15H25N3S/c1-19-11-7-3-6-10-16-15-13-8-4-2-5-9-14(13)17-12-18-15/h12H,2-11H2,1H3,(H,16,17,18). The minimum atomic E-state index is 1.04. The summed E-state index contributed by atoms with van der Waals surface area (Å²) in [6.45, 7) is 1.04. The van der Waals surface area contributed by atoms with Crippen molar-refractivity contribution in [1.29, 1.82) is 0 Å². The maximum absolute atomic E-state index is 4.45. The van der Waals surface area contributed by atoms with Gasteiger partial charge in [-0.15, -0.1) is 0 Å². The molecule has 4 heteroatoms. The zero-order valence-electron chi connectivity index (χ0n) is 12.0. The Bertz CT molecular complexity index is 382. The Morgan fingerprint density at radius 3 is 2.89 bits per heavy atom. The van der Waals surface area contributed by atoms with Crippen LogP contribution in [0.5, 0.6) is 0 Å². The van der Waals surface area contributed by atoms with Crippen LogP contribution >= 0.6 is 11.8 Å². The number of aryl methyl sites for hydroxylation is 1. The van der Waals surface area contributed by atoms with E-state index in [9.17, 15) is 0 Å². The van der Waals surface area contributed by atoms with Crippen LogP contribution in [0.25, 0.3) is 0 Å². The molecule has 1 N–H and O–H groups in total. The Morgan fingerprint density at radius 1 is 1.11 bits per heavy atom. The van der Waals surface area contributed by atoms with Crippen LogP contribution in [0.2, 0.25) is 0 Å². The Hall–Kier alpha value is -0.770. The fourth-order valence-electron chi connectivity index (χ4n) is 2.61. The molecule has 1 aliphatic rings. The van der Waals surface area contributed by atoms with Crippen LogP contribution in [0.1, 0.15) is 49.8 Å². The SMILES string of the molecule is CSCCCCCNc1ncnc2c1CCCCC2. The van der Waals surface area contributed by atoms with E-state index in [1.54, 1.807) is 6.33 Å². The van der Waals surface area contributed by atoms with E-state index in [0.29, 0.717) is 0 Å². The van der Waals surface area contributed by atoms with Crippen LogP contribution in [0.15, 0.2) is 6.33 Å². The van der Waals surface area contributed by atoms with Gasteiger partial charge in [0.15, 0.2) is 0 Å². The largest absolute Gasteiger partial charge is 0.370 e. The van der Waals surface area contributed by atoms with Crippen LogP contribution in [0.3, 0.4) is 0 Å². The number of thioether (sulfide) groups is 1. The Labute approximate surface area is 121 Å². The van der Waals surface area contributed by atoms with E-state index in [0.717, 1.165) is 25.2 Å². The van der Waals surface area contributed by atoms with E-state index in [4.69, 9.17) is 0 Å². The summed E-state index contributed by atoms with van der Waals surface area (Å²) < 4.78 is 0. The van der Waals surface area contributed by atoms with Crippen molar-refractivity contribution in [3.05, 3.63) is 17.6 Å². The number of fused-ring (bicyclic) bond motifs is 1. The molecule has 0 atom stereocenters. The number of hydrogen-bond donors (Lipinski definition) is 1. The van der Waals surface area contributed by atoms with Gasteiger partial charge in [0.1, 0.15) is 12.1 Å². The van der Waals surface area contributed by atoms with Crippen molar-refractivity contribution in [2.75, 3.05) is 23.9 Å². The highest BCUT2D eigenvalue weighted by molar-refractivity contribution is 7.98. The first-order valence-electron chi connectivity index (χ1n) is 7.47. The molecule has 1 aromatic heterocycles. The molecule has 0 amide bonds. The molecular weight excluding hydrogens is 254 g/mol. The summed E-state index contributed by atoms with van der Waals surface area (Å²) in [6.07, 6.45) is 13.9. The van der Waals surface area contributed by atoms with E-state index in [1.165, 1.54) is 55.5 Å². The summed E-state index contributed by atoms with van der Waals surface area (Å²) in [7, 11) is 0. The number of unbranched alkanes of at least 4 members (excludes halogenated alkanes) is 2. The molecule has 0 bridgehead atoms. The van der Waals surface area contributed by atoms with Gasteiger partial charge in [0.05, 0.1) is 0 Å². The van der Waals surface area contributed by atoms with Gasteiger partial charge in [-0.25, -0.2) is 9.97 Å². The summed E-state index contributed by atoms with van der Waals surface area (Å²) in [5.41, 5.74) is 2.65. The second kappa shape index (κ2) is 8.41. The molecule has 1 aliphatic carbocycles. The number of hydrogen-bond acceptors (Lipinski definition) is 4. The molecule has 2 rings (SSSR count). The molecule has 0 aliphatic heterocycles. The van der Waals surface area contributed by atoms with E-state index in [-0.39, 0.29) is 0 Å². The second-order valence-electron chi connectivity index (χ2n) is 5.19. The van der Waals surface area contributed by atoms with Crippen LogP contribution in [0.4, 0.5) is 5.82 Å². The summed E-state index contributed by atoms with van der Waals surface area (Å²) in [5.74, 6) is 2.37. The van der Waals surface area contributed by atoms with Gasteiger partial charge >= 0.3 is 0 Å². The number of anilines is 1. The fraction of sp³-hybridized carbons (Fsp3) is 0.733. The molecule has 0 unspecified atom stereocenters. The lowest BCUT2D eigenvalue weighted by atomic mass is 10.1. The quantitative estimate of drug-likeness (QED) is 0.610. The Morgan fingerprint density at radius 2 is 2.00 bits per heavy atom. The van der Waals surface area contributed by atoms with Crippen molar-refractivity contribution in [2.24, 2.45) is 0 Å². The van der Waals surface area contributed by atoms with Gasteiger partial charge in [-0.05, 0) is 50.5 Å². The first-order valence-corrected chi connectivity index (χ1v) is 8.87. The molecular formula is C15H25N3S. The van der Waals surface area contributed by atoms with Crippen LogP contribution in [-0.2, 0) is 12.8 Å². The molecule has 0 fully saturated rings. The van der Waals surface area contributed by atoms with Crippen LogP contribution < -0.4 is 5.32 Å². The molecule has 106 valence electrons. The fourth-order valence-corrected chi connectivity index (χ4v) is 3.10. The van der Waals surface area contributed by atoms with E-state index in [2.05, 4.69) is 21.5 Å². The lowest BCUT2D eigenvalue weighted by molar-refractivity contribution is 0.708. The minimum absolute atomic E-state index is 1.04. The lowest BCUT2D eigenvalue weighted by Gasteiger charge is -2.12. The monoisotopic (exact) mass is 279 g/mol. The molecule has 0 aromatic carbocycles. The molecule has 0 saturated heterocycles. The average Bonchev–Trinajstić information content (AvgIpc) is 2.68.